The first kappa shape index (κ1) is 14.3. The minimum absolute atomic E-state index is 0.142. The number of alkyl carbamates (subject to hydrolysis) is 1. The van der Waals surface area contributed by atoms with Crippen LogP contribution in [0.25, 0.3) is 0 Å². The molecule has 4 heteroatoms. The quantitative estimate of drug-likeness (QED) is 0.826. The normalized spacial score (nSPS) is 19.8. The zero-order chi connectivity index (χ0) is 12.9. The Morgan fingerprint density at radius 2 is 1.88 bits per heavy atom. The Balaban J connectivity index is 2.23. The van der Waals surface area contributed by atoms with E-state index in [9.17, 15) is 4.79 Å². The highest BCUT2D eigenvalue weighted by Crippen LogP contribution is 2.10. The van der Waals surface area contributed by atoms with E-state index < -0.39 is 5.60 Å². The van der Waals surface area contributed by atoms with Crippen molar-refractivity contribution in [2.75, 3.05) is 19.6 Å². The van der Waals surface area contributed by atoms with Gasteiger partial charge in [0.25, 0.3) is 0 Å². The zero-order valence-corrected chi connectivity index (χ0v) is 11.6. The van der Waals surface area contributed by atoms with E-state index in [-0.39, 0.29) is 12.1 Å². The second-order valence-electron chi connectivity index (χ2n) is 5.91. The molecule has 1 aliphatic rings. The Morgan fingerprint density at radius 1 is 1.29 bits per heavy atom. The Labute approximate surface area is 105 Å². The maximum Gasteiger partial charge on any atom is 0.407 e. The molecule has 100 valence electrons. The molecule has 17 heavy (non-hydrogen) atoms. The van der Waals surface area contributed by atoms with Crippen molar-refractivity contribution >= 4 is 6.09 Å². The van der Waals surface area contributed by atoms with Gasteiger partial charge in [-0.2, -0.15) is 0 Å². The molecule has 0 aromatic carbocycles. The lowest BCUT2D eigenvalue weighted by Crippen LogP contribution is -2.45. The molecule has 0 aromatic rings. The van der Waals surface area contributed by atoms with Crippen LogP contribution in [0.3, 0.4) is 0 Å². The summed E-state index contributed by atoms with van der Waals surface area (Å²) in [7, 11) is 0. The minimum Gasteiger partial charge on any atom is -0.444 e. The van der Waals surface area contributed by atoms with E-state index in [1.807, 2.05) is 27.7 Å². The number of nitrogens with zero attached hydrogens (tertiary/aromatic N) is 1. The topological polar surface area (TPSA) is 41.6 Å². The highest BCUT2D eigenvalue weighted by Gasteiger charge is 2.19. The second kappa shape index (κ2) is 6.24. The predicted molar refractivity (Wildman–Crippen MR) is 69.1 cm³/mol. The average molecular weight is 242 g/mol. The largest absolute Gasteiger partial charge is 0.444 e. The molecule has 4 nitrogen and oxygen atoms in total. The van der Waals surface area contributed by atoms with Gasteiger partial charge in [0.2, 0.25) is 0 Å². The second-order valence-corrected chi connectivity index (χ2v) is 5.91. The maximum atomic E-state index is 11.6. The molecular formula is C13H26N2O2. The summed E-state index contributed by atoms with van der Waals surface area (Å²) in [6.07, 6.45) is 3.57. The average Bonchev–Trinajstić information content (AvgIpc) is 2.15. The minimum atomic E-state index is -0.422. The van der Waals surface area contributed by atoms with Crippen LogP contribution in [-0.2, 0) is 4.74 Å². The number of likely N-dealkylation sites (tertiary alicyclic amines) is 1. The van der Waals surface area contributed by atoms with Gasteiger partial charge >= 0.3 is 6.09 Å². The number of piperidine rings is 1. The van der Waals surface area contributed by atoms with Gasteiger partial charge in [0.05, 0.1) is 0 Å². The first-order valence-corrected chi connectivity index (χ1v) is 6.59. The van der Waals surface area contributed by atoms with Crippen LogP contribution < -0.4 is 5.32 Å². The van der Waals surface area contributed by atoms with Crippen LogP contribution in [0, 0.1) is 0 Å². The van der Waals surface area contributed by atoms with Crippen LogP contribution in [-0.4, -0.2) is 42.3 Å². The fraction of sp³-hybridized carbons (Fsp3) is 0.923. The van der Waals surface area contributed by atoms with Gasteiger partial charge in [-0.1, -0.05) is 6.42 Å². The number of ether oxygens (including phenoxy) is 1. The van der Waals surface area contributed by atoms with E-state index >= 15 is 0 Å². The third-order valence-corrected chi connectivity index (χ3v) is 2.74. The van der Waals surface area contributed by atoms with Crippen molar-refractivity contribution in [1.82, 2.24) is 10.2 Å². The molecule has 1 N–H and O–H groups in total. The summed E-state index contributed by atoms with van der Waals surface area (Å²) in [5.41, 5.74) is -0.422. The van der Waals surface area contributed by atoms with Crippen LogP contribution in [0.2, 0.25) is 0 Å². The Hall–Kier alpha value is -0.770. The van der Waals surface area contributed by atoms with Gasteiger partial charge in [-0.25, -0.2) is 4.79 Å². The van der Waals surface area contributed by atoms with Crippen LogP contribution in [0.15, 0.2) is 0 Å². The summed E-state index contributed by atoms with van der Waals surface area (Å²) >= 11 is 0. The summed E-state index contributed by atoms with van der Waals surface area (Å²) in [6, 6.07) is 0.142. The third kappa shape index (κ3) is 6.51. The molecule has 1 atom stereocenters. The van der Waals surface area contributed by atoms with E-state index in [2.05, 4.69) is 10.2 Å². The molecule has 0 radical (unpaired) electrons. The smallest absolute Gasteiger partial charge is 0.407 e. The lowest BCUT2D eigenvalue weighted by atomic mass is 10.1. The third-order valence-electron chi connectivity index (χ3n) is 2.74. The molecule has 1 saturated heterocycles. The van der Waals surface area contributed by atoms with E-state index in [0.29, 0.717) is 0 Å². The van der Waals surface area contributed by atoms with E-state index in [0.717, 1.165) is 19.6 Å². The molecular weight excluding hydrogens is 216 g/mol. The molecule has 0 unspecified atom stereocenters. The molecule has 1 fully saturated rings. The number of amides is 1. The first-order valence-electron chi connectivity index (χ1n) is 6.59. The lowest BCUT2D eigenvalue weighted by Gasteiger charge is -2.29. The number of hydrogen-bond donors (Lipinski definition) is 1. The summed E-state index contributed by atoms with van der Waals surface area (Å²) < 4.78 is 5.23. The SMILES string of the molecule is C[C@@H](CN1CCCCC1)NC(=O)OC(C)(C)C. The molecule has 0 saturated carbocycles. The zero-order valence-electron chi connectivity index (χ0n) is 11.6. The highest BCUT2D eigenvalue weighted by molar-refractivity contribution is 5.68. The van der Waals surface area contributed by atoms with Gasteiger partial charge in [0.1, 0.15) is 5.60 Å². The highest BCUT2D eigenvalue weighted by atomic mass is 16.6. The first-order chi connectivity index (χ1) is 7.87. The molecule has 0 bridgehead atoms. The molecule has 0 aliphatic carbocycles. The van der Waals surface area contributed by atoms with Gasteiger partial charge in [0, 0.05) is 12.6 Å². The van der Waals surface area contributed by atoms with Crippen LogP contribution in [0.4, 0.5) is 4.79 Å². The van der Waals surface area contributed by atoms with E-state index in [1.54, 1.807) is 0 Å². The molecule has 0 aromatic heterocycles. The van der Waals surface area contributed by atoms with Gasteiger partial charge in [0.15, 0.2) is 0 Å². The summed E-state index contributed by atoms with van der Waals surface area (Å²) in [5, 5.41) is 2.88. The Morgan fingerprint density at radius 3 is 2.41 bits per heavy atom. The number of carbonyl (C=O) groups is 1. The van der Waals surface area contributed by atoms with Gasteiger partial charge in [-0.15, -0.1) is 0 Å². The Bertz CT molecular complexity index is 242. The fourth-order valence-corrected chi connectivity index (χ4v) is 2.08. The van der Waals surface area contributed by atoms with Crippen molar-refractivity contribution in [2.24, 2.45) is 0 Å². The fourth-order valence-electron chi connectivity index (χ4n) is 2.08. The Kier molecular flexibility index (Phi) is 5.25. The number of carbonyl (C=O) groups excluding carboxylic acids is 1. The van der Waals surface area contributed by atoms with Crippen LogP contribution in [0.1, 0.15) is 47.0 Å². The van der Waals surface area contributed by atoms with Crippen molar-refractivity contribution in [3.8, 4) is 0 Å². The molecule has 0 spiro atoms. The summed E-state index contributed by atoms with van der Waals surface area (Å²) in [4.78, 5) is 14.0. The van der Waals surface area contributed by atoms with Gasteiger partial charge < -0.3 is 15.0 Å². The van der Waals surface area contributed by atoms with Crippen LogP contribution in [0.5, 0.6) is 0 Å². The monoisotopic (exact) mass is 242 g/mol. The predicted octanol–water partition coefficient (Wildman–Crippen LogP) is 2.39. The van der Waals surface area contributed by atoms with Crippen LogP contribution >= 0.6 is 0 Å². The van der Waals surface area contributed by atoms with E-state index in [1.165, 1.54) is 19.3 Å². The van der Waals surface area contributed by atoms with Crippen molar-refractivity contribution in [2.45, 2.75) is 58.6 Å². The standard InChI is InChI=1S/C13H26N2O2/c1-11(10-15-8-6-5-7-9-15)14-12(16)17-13(2,3)4/h11H,5-10H2,1-4H3,(H,14,16)/t11-/m0/s1. The van der Waals surface area contributed by atoms with Crippen molar-refractivity contribution in [3.63, 3.8) is 0 Å². The number of nitrogens with one attached hydrogen (secondary N) is 1. The molecule has 1 amide bonds. The van der Waals surface area contributed by atoms with Crippen molar-refractivity contribution in [3.05, 3.63) is 0 Å². The molecule has 1 rings (SSSR count). The number of hydrogen-bond acceptors (Lipinski definition) is 3. The molecule has 1 aliphatic heterocycles. The van der Waals surface area contributed by atoms with Crippen molar-refractivity contribution < 1.29 is 9.53 Å². The van der Waals surface area contributed by atoms with E-state index in [4.69, 9.17) is 4.74 Å². The van der Waals surface area contributed by atoms with Crippen molar-refractivity contribution in [1.29, 1.82) is 0 Å². The summed E-state index contributed by atoms with van der Waals surface area (Å²) in [6.45, 7) is 10.9. The lowest BCUT2D eigenvalue weighted by molar-refractivity contribution is 0.0494. The summed E-state index contributed by atoms with van der Waals surface area (Å²) in [5.74, 6) is 0. The van der Waals surface area contributed by atoms with Gasteiger partial charge in [-0.05, 0) is 53.6 Å². The maximum absolute atomic E-state index is 11.6. The number of rotatable bonds is 3. The molecule has 1 heterocycles. The van der Waals surface area contributed by atoms with Gasteiger partial charge in [-0.3, -0.25) is 0 Å².